The van der Waals surface area contributed by atoms with E-state index in [1.165, 1.54) is 17.7 Å². The zero-order valence-electron chi connectivity index (χ0n) is 11.4. The van der Waals surface area contributed by atoms with Gasteiger partial charge in [0.15, 0.2) is 5.78 Å². The summed E-state index contributed by atoms with van der Waals surface area (Å²) in [5.74, 6) is -0.652. The largest absolute Gasteiger partial charge is 0.299 e. The highest BCUT2D eigenvalue weighted by atomic mass is 19.1. The number of rotatable bonds is 6. The van der Waals surface area contributed by atoms with Crippen molar-refractivity contribution in [3.05, 3.63) is 65.7 Å². The minimum atomic E-state index is -0.458. The number of halogens is 1. The first-order valence-electron chi connectivity index (χ1n) is 6.52. The number of pyridine rings is 1. The Labute approximate surface area is 118 Å². The van der Waals surface area contributed by atoms with Gasteiger partial charge in [0.05, 0.1) is 12.1 Å². The molecule has 1 heterocycles. The summed E-state index contributed by atoms with van der Waals surface area (Å²) in [6.07, 6.45) is 4.34. The van der Waals surface area contributed by atoms with Crippen LogP contribution in [-0.4, -0.2) is 35.8 Å². The van der Waals surface area contributed by atoms with Crippen molar-refractivity contribution in [3.63, 3.8) is 0 Å². The standard InChI is InChI=1S/C16H17FN2O/c1-19(11-8-13-6-9-18-10-7-13)12-16(20)14-4-2-3-5-15(14)17/h2-7,9-10H,8,11-12H2,1H3. The molecule has 3 nitrogen and oxygen atoms in total. The van der Waals surface area contributed by atoms with Gasteiger partial charge in [-0.15, -0.1) is 0 Å². The summed E-state index contributed by atoms with van der Waals surface area (Å²) in [6, 6.07) is 9.99. The second-order valence-electron chi connectivity index (χ2n) is 4.75. The number of carbonyl (C=O) groups excluding carboxylic acids is 1. The Hall–Kier alpha value is -2.07. The molecular weight excluding hydrogens is 255 g/mol. The van der Waals surface area contributed by atoms with E-state index in [4.69, 9.17) is 0 Å². The Morgan fingerprint density at radius 1 is 1.20 bits per heavy atom. The van der Waals surface area contributed by atoms with Crippen LogP contribution in [-0.2, 0) is 6.42 Å². The van der Waals surface area contributed by atoms with Gasteiger partial charge in [0.1, 0.15) is 5.82 Å². The van der Waals surface area contributed by atoms with Gasteiger partial charge in [0, 0.05) is 18.9 Å². The molecule has 0 radical (unpaired) electrons. The topological polar surface area (TPSA) is 33.2 Å². The number of Topliss-reactive ketones (excluding diaryl/α,β-unsaturated/α-hetero) is 1. The lowest BCUT2D eigenvalue weighted by Crippen LogP contribution is -2.28. The highest BCUT2D eigenvalue weighted by Crippen LogP contribution is 2.08. The summed E-state index contributed by atoms with van der Waals surface area (Å²) in [4.78, 5) is 17.9. The molecule has 0 saturated carbocycles. The van der Waals surface area contributed by atoms with E-state index in [-0.39, 0.29) is 17.9 Å². The normalized spacial score (nSPS) is 10.8. The van der Waals surface area contributed by atoms with Crippen molar-refractivity contribution in [1.29, 1.82) is 0 Å². The number of benzene rings is 1. The number of likely N-dealkylation sites (N-methyl/N-ethyl adjacent to an activating group) is 1. The maximum atomic E-state index is 13.5. The van der Waals surface area contributed by atoms with Gasteiger partial charge in [-0.1, -0.05) is 12.1 Å². The van der Waals surface area contributed by atoms with Crippen LogP contribution in [0.4, 0.5) is 4.39 Å². The first kappa shape index (κ1) is 14.3. The summed E-state index contributed by atoms with van der Waals surface area (Å²) in [5.41, 5.74) is 1.33. The molecule has 0 saturated heterocycles. The Morgan fingerprint density at radius 2 is 1.90 bits per heavy atom. The Balaban J connectivity index is 1.87. The number of nitrogens with zero attached hydrogens (tertiary/aromatic N) is 2. The predicted molar refractivity (Wildman–Crippen MR) is 76.2 cm³/mol. The van der Waals surface area contributed by atoms with Gasteiger partial charge in [-0.05, 0) is 43.3 Å². The maximum absolute atomic E-state index is 13.5. The van der Waals surface area contributed by atoms with Gasteiger partial charge < -0.3 is 0 Å². The molecule has 0 bridgehead atoms. The van der Waals surface area contributed by atoms with Gasteiger partial charge in [-0.3, -0.25) is 14.7 Å². The van der Waals surface area contributed by atoms with E-state index in [1.807, 2.05) is 24.1 Å². The van der Waals surface area contributed by atoms with Crippen LogP contribution in [0.1, 0.15) is 15.9 Å². The number of aromatic nitrogens is 1. The summed E-state index contributed by atoms with van der Waals surface area (Å²) >= 11 is 0. The number of carbonyl (C=O) groups is 1. The van der Waals surface area contributed by atoms with E-state index in [9.17, 15) is 9.18 Å². The van der Waals surface area contributed by atoms with Crippen LogP contribution in [0.15, 0.2) is 48.8 Å². The molecule has 2 aromatic rings. The minimum Gasteiger partial charge on any atom is -0.299 e. The maximum Gasteiger partial charge on any atom is 0.179 e. The SMILES string of the molecule is CN(CCc1ccncc1)CC(=O)c1ccccc1F. The smallest absolute Gasteiger partial charge is 0.179 e. The average molecular weight is 272 g/mol. The van der Waals surface area contributed by atoms with Gasteiger partial charge in [0.2, 0.25) is 0 Å². The Morgan fingerprint density at radius 3 is 2.60 bits per heavy atom. The molecule has 2 rings (SSSR count). The number of hydrogen-bond donors (Lipinski definition) is 0. The molecule has 20 heavy (non-hydrogen) atoms. The zero-order chi connectivity index (χ0) is 14.4. The van der Waals surface area contributed by atoms with Gasteiger partial charge >= 0.3 is 0 Å². The third kappa shape index (κ3) is 3.96. The Bertz CT molecular complexity index is 572. The van der Waals surface area contributed by atoms with Crippen molar-refractivity contribution >= 4 is 5.78 Å². The molecular formula is C16H17FN2O. The molecule has 104 valence electrons. The number of ketones is 1. The molecule has 0 fully saturated rings. The fourth-order valence-corrected chi connectivity index (χ4v) is 1.97. The van der Waals surface area contributed by atoms with Crippen LogP contribution in [0.3, 0.4) is 0 Å². The summed E-state index contributed by atoms with van der Waals surface area (Å²) in [7, 11) is 1.86. The molecule has 0 aliphatic carbocycles. The highest BCUT2D eigenvalue weighted by Gasteiger charge is 2.13. The van der Waals surface area contributed by atoms with E-state index in [0.717, 1.165) is 13.0 Å². The first-order chi connectivity index (χ1) is 9.66. The van der Waals surface area contributed by atoms with E-state index in [0.29, 0.717) is 0 Å². The van der Waals surface area contributed by atoms with Crippen LogP contribution >= 0.6 is 0 Å². The fourth-order valence-electron chi connectivity index (χ4n) is 1.97. The van der Waals surface area contributed by atoms with Crippen molar-refractivity contribution in [3.8, 4) is 0 Å². The van der Waals surface area contributed by atoms with Crippen LogP contribution in [0, 0.1) is 5.82 Å². The van der Waals surface area contributed by atoms with Crippen molar-refractivity contribution in [2.75, 3.05) is 20.1 Å². The van der Waals surface area contributed by atoms with Crippen molar-refractivity contribution in [2.45, 2.75) is 6.42 Å². The summed E-state index contributed by atoms with van der Waals surface area (Å²) in [6.45, 7) is 0.955. The van der Waals surface area contributed by atoms with Gasteiger partial charge in [-0.25, -0.2) is 4.39 Å². The molecule has 4 heteroatoms. The van der Waals surface area contributed by atoms with E-state index in [2.05, 4.69) is 4.98 Å². The summed E-state index contributed by atoms with van der Waals surface area (Å²) in [5, 5.41) is 0. The van der Waals surface area contributed by atoms with E-state index >= 15 is 0 Å². The number of hydrogen-bond acceptors (Lipinski definition) is 3. The molecule has 1 aromatic heterocycles. The predicted octanol–water partition coefficient (Wildman–Crippen LogP) is 2.58. The molecule has 0 aliphatic heterocycles. The van der Waals surface area contributed by atoms with E-state index in [1.54, 1.807) is 24.5 Å². The van der Waals surface area contributed by atoms with Gasteiger partial charge in [0.25, 0.3) is 0 Å². The minimum absolute atomic E-state index is 0.156. The van der Waals surface area contributed by atoms with Crippen molar-refractivity contribution in [1.82, 2.24) is 9.88 Å². The lowest BCUT2D eigenvalue weighted by Gasteiger charge is -2.15. The lowest BCUT2D eigenvalue weighted by molar-refractivity contribution is 0.0943. The van der Waals surface area contributed by atoms with Crippen LogP contribution in [0.5, 0.6) is 0 Å². The molecule has 0 aliphatic rings. The molecule has 1 aromatic carbocycles. The average Bonchev–Trinajstić information content (AvgIpc) is 2.46. The third-order valence-corrected chi connectivity index (χ3v) is 3.12. The second-order valence-corrected chi connectivity index (χ2v) is 4.75. The lowest BCUT2D eigenvalue weighted by atomic mass is 10.1. The third-order valence-electron chi connectivity index (χ3n) is 3.12. The molecule has 0 amide bonds. The Kier molecular flexibility index (Phi) is 4.96. The molecule has 0 unspecified atom stereocenters. The first-order valence-corrected chi connectivity index (χ1v) is 6.52. The highest BCUT2D eigenvalue weighted by molar-refractivity contribution is 5.97. The van der Waals surface area contributed by atoms with Crippen LogP contribution < -0.4 is 0 Å². The van der Waals surface area contributed by atoms with Crippen molar-refractivity contribution < 1.29 is 9.18 Å². The molecule has 0 N–H and O–H groups in total. The fraction of sp³-hybridized carbons (Fsp3) is 0.250. The second kappa shape index (κ2) is 6.91. The molecule has 0 atom stereocenters. The van der Waals surface area contributed by atoms with Crippen molar-refractivity contribution in [2.24, 2.45) is 0 Å². The monoisotopic (exact) mass is 272 g/mol. The zero-order valence-corrected chi connectivity index (χ0v) is 11.4. The quantitative estimate of drug-likeness (QED) is 0.758. The van der Waals surface area contributed by atoms with Crippen LogP contribution in [0.2, 0.25) is 0 Å². The van der Waals surface area contributed by atoms with Gasteiger partial charge in [-0.2, -0.15) is 0 Å². The van der Waals surface area contributed by atoms with E-state index < -0.39 is 5.82 Å². The molecule has 0 spiro atoms. The van der Waals surface area contributed by atoms with Crippen LogP contribution in [0.25, 0.3) is 0 Å². The summed E-state index contributed by atoms with van der Waals surface area (Å²) < 4.78 is 13.5.